The van der Waals surface area contributed by atoms with E-state index in [4.69, 9.17) is 10.7 Å². The molecule has 2 aliphatic carbocycles. The normalized spacial score (nSPS) is 20.1. The molecule has 4 rings (SSSR count). The summed E-state index contributed by atoms with van der Waals surface area (Å²) in [6, 6.07) is 2.05. The van der Waals surface area contributed by atoms with E-state index < -0.39 is 0 Å². The smallest absolute Gasteiger partial charge is 0.160 e. The fourth-order valence-electron chi connectivity index (χ4n) is 3.49. The minimum atomic E-state index is 0.229. The lowest BCUT2D eigenvalue weighted by Crippen LogP contribution is -2.29. The molecule has 2 aromatic heterocycles. The highest BCUT2D eigenvalue weighted by Crippen LogP contribution is 2.58. The summed E-state index contributed by atoms with van der Waals surface area (Å²) >= 11 is 0. The average molecular weight is 256 g/mol. The summed E-state index contributed by atoms with van der Waals surface area (Å²) in [4.78, 5) is 4.91. The maximum absolute atomic E-state index is 6.17. The Morgan fingerprint density at radius 3 is 2.47 bits per heavy atom. The largest absolute Gasteiger partial charge is 0.384 e. The number of rotatable bonds is 3. The Morgan fingerprint density at radius 2 is 1.89 bits per heavy atom. The highest BCUT2D eigenvalue weighted by molar-refractivity contribution is 5.53. The van der Waals surface area contributed by atoms with Crippen molar-refractivity contribution in [3.63, 3.8) is 0 Å². The van der Waals surface area contributed by atoms with Gasteiger partial charge in [-0.1, -0.05) is 6.92 Å². The van der Waals surface area contributed by atoms with Crippen LogP contribution in [0.25, 0.3) is 5.65 Å². The SMILES string of the molecule is Cc1cnn2c(N)cc(C(C)(C3CC3)C3CC3)nc12. The average Bonchev–Trinajstić information content (AvgIpc) is 3.27. The number of aromatic nitrogens is 3. The minimum Gasteiger partial charge on any atom is -0.384 e. The quantitative estimate of drug-likeness (QED) is 0.918. The molecular formula is C15H20N4. The topological polar surface area (TPSA) is 56.2 Å². The summed E-state index contributed by atoms with van der Waals surface area (Å²) < 4.78 is 1.75. The zero-order valence-corrected chi connectivity index (χ0v) is 11.6. The van der Waals surface area contributed by atoms with Crippen LogP contribution in [0.1, 0.15) is 43.9 Å². The van der Waals surface area contributed by atoms with Gasteiger partial charge in [-0.3, -0.25) is 0 Å². The van der Waals surface area contributed by atoms with Gasteiger partial charge in [0.05, 0.1) is 11.9 Å². The van der Waals surface area contributed by atoms with Gasteiger partial charge in [0.15, 0.2) is 5.65 Å². The lowest BCUT2D eigenvalue weighted by molar-refractivity contribution is 0.344. The van der Waals surface area contributed by atoms with Crippen LogP contribution in [0.5, 0.6) is 0 Å². The maximum Gasteiger partial charge on any atom is 0.160 e. The Morgan fingerprint density at radius 1 is 1.26 bits per heavy atom. The molecule has 0 unspecified atom stereocenters. The van der Waals surface area contributed by atoms with Gasteiger partial charge in [0, 0.05) is 17.0 Å². The monoisotopic (exact) mass is 256 g/mol. The van der Waals surface area contributed by atoms with Crippen LogP contribution in [0, 0.1) is 18.8 Å². The Bertz CT molecular complexity index is 637. The summed E-state index contributed by atoms with van der Waals surface area (Å²) in [5.74, 6) is 2.32. The minimum absolute atomic E-state index is 0.229. The van der Waals surface area contributed by atoms with Crippen LogP contribution in [0.4, 0.5) is 5.82 Å². The summed E-state index contributed by atoms with van der Waals surface area (Å²) in [6.07, 6.45) is 7.22. The van der Waals surface area contributed by atoms with Crippen LogP contribution in [0.2, 0.25) is 0 Å². The molecule has 2 aromatic rings. The van der Waals surface area contributed by atoms with Crippen molar-refractivity contribution in [3.8, 4) is 0 Å². The van der Waals surface area contributed by atoms with E-state index >= 15 is 0 Å². The van der Waals surface area contributed by atoms with E-state index in [9.17, 15) is 0 Å². The van der Waals surface area contributed by atoms with Gasteiger partial charge < -0.3 is 5.73 Å². The molecule has 0 atom stereocenters. The highest BCUT2D eigenvalue weighted by atomic mass is 15.3. The standard InChI is InChI=1S/C15H20N4/c1-9-8-17-19-13(16)7-12(18-14(9)19)15(2,10-3-4-10)11-5-6-11/h7-8,10-11H,3-6,16H2,1-2H3. The first-order valence-corrected chi connectivity index (χ1v) is 7.22. The summed E-state index contributed by atoms with van der Waals surface area (Å²) in [6.45, 7) is 4.44. The molecule has 0 saturated heterocycles. The fraction of sp³-hybridized carbons (Fsp3) is 0.600. The number of nitrogens with two attached hydrogens (primary N) is 1. The molecule has 2 fully saturated rings. The molecule has 0 aliphatic heterocycles. The van der Waals surface area contributed by atoms with Crippen molar-refractivity contribution >= 4 is 11.5 Å². The van der Waals surface area contributed by atoms with Crippen LogP contribution in [0.3, 0.4) is 0 Å². The van der Waals surface area contributed by atoms with E-state index in [1.165, 1.54) is 31.4 Å². The second-order valence-electron chi connectivity index (χ2n) is 6.46. The predicted octanol–water partition coefficient (Wildman–Crippen LogP) is 2.70. The third kappa shape index (κ3) is 1.52. The van der Waals surface area contributed by atoms with E-state index in [1.807, 2.05) is 13.1 Å². The van der Waals surface area contributed by atoms with Crippen molar-refractivity contribution in [1.29, 1.82) is 0 Å². The molecule has 2 aliphatic rings. The van der Waals surface area contributed by atoms with Gasteiger partial charge in [0.25, 0.3) is 0 Å². The molecule has 0 spiro atoms. The summed E-state index contributed by atoms with van der Waals surface area (Å²) in [7, 11) is 0. The van der Waals surface area contributed by atoms with Gasteiger partial charge in [0.2, 0.25) is 0 Å². The molecule has 4 heteroatoms. The fourth-order valence-corrected chi connectivity index (χ4v) is 3.49. The van der Waals surface area contributed by atoms with Crippen LogP contribution in [0.15, 0.2) is 12.3 Å². The van der Waals surface area contributed by atoms with E-state index in [1.54, 1.807) is 4.52 Å². The Hall–Kier alpha value is -1.58. The Kier molecular flexibility index (Phi) is 2.07. The van der Waals surface area contributed by atoms with Crippen LogP contribution in [-0.4, -0.2) is 14.6 Å². The van der Waals surface area contributed by atoms with E-state index in [0.717, 1.165) is 23.0 Å². The number of anilines is 1. The lowest BCUT2D eigenvalue weighted by atomic mass is 9.76. The predicted molar refractivity (Wildman–Crippen MR) is 74.9 cm³/mol. The Balaban J connectivity index is 1.92. The molecule has 19 heavy (non-hydrogen) atoms. The number of hydrogen-bond acceptors (Lipinski definition) is 3. The van der Waals surface area contributed by atoms with Gasteiger partial charge in [-0.25, -0.2) is 4.98 Å². The number of nitrogen functional groups attached to an aromatic ring is 1. The van der Waals surface area contributed by atoms with Crippen LogP contribution >= 0.6 is 0 Å². The first kappa shape index (κ1) is 11.3. The van der Waals surface area contributed by atoms with Crippen molar-refractivity contribution in [2.24, 2.45) is 11.8 Å². The van der Waals surface area contributed by atoms with Crippen molar-refractivity contribution < 1.29 is 0 Å². The molecule has 0 bridgehead atoms. The zero-order valence-electron chi connectivity index (χ0n) is 11.6. The maximum atomic E-state index is 6.17. The molecule has 0 amide bonds. The molecule has 2 N–H and O–H groups in total. The molecule has 2 saturated carbocycles. The van der Waals surface area contributed by atoms with Gasteiger partial charge in [-0.05, 0) is 44.4 Å². The van der Waals surface area contributed by atoms with E-state index in [2.05, 4.69) is 18.1 Å². The molecule has 4 nitrogen and oxygen atoms in total. The molecule has 2 heterocycles. The number of hydrogen-bond donors (Lipinski definition) is 1. The first-order valence-electron chi connectivity index (χ1n) is 7.22. The van der Waals surface area contributed by atoms with Gasteiger partial charge in [-0.15, -0.1) is 0 Å². The van der Waals surface area contributed by atoms with Crippen LogP contribution in [-0.2, 0) is 5.41 Å². The molecule has 0 aromatic carbocycles. The van der Waals surface area contributed by atoms with Gasteiger partial charge in [-0.2, -0.15) is 9.61 Å². The highest BCUT2D eigenvalue weighted by Gasteiger charge is 2.53. The number of fused-ring (bicyclic) bond motifs is 1. The second-order valence-corrected chi connectivity index (χ2v) is 6.46. The third-order valence-corrected chi connectivity index (χ3v) is 5.08. The molecule has 100 valence electrons. The van der Waals surface area contributed by atoms with Gasteiger partial charge in [0.1, 0.15) is 5.82 Å². The third-order valence-electron chi connectivity index (χ3n) is 5.08. The first-order chi connectivity index (χ1) is 9.10. The zero-order chi connectivity index (χ0) is 13.2. The van der Waals surface area contributed by atoms with Crippen molar-refractivity contribution in [2.45, 2.75) is 44.9 Å². The molecular weight excluding hydrogens is 236 g/mol. The van der Waals surface area contributed by atoms with Crippen molar-refractivity contribution in [1.82, 2.24) is 14.6 Å². The second kappa shape index (κ2) is 3.50. The number of nitrogens with zero attached hydrogens (tertiary/aromatic N) is 3. The Labute approximate surface area is 113 Å². The van der Waals surface area contributed by atoms with Crippen LogP contribution < -0.4 is 5.73 Å². The van der Waals surface area contributed by atoms with Gasteiger partial charge >= 0.3 is 0 Å². The van der Waals surface area contributed by atoms with Crippen molar-refractivity contribution in [3.05, 3.63) is 23.5 Å². The lowest BCUT2D eigenvalue weighted by Gasteiger charge is -2.29. The molecule has 0 radical (unpaired) electrons. The summed E-state index contributed by atoms with van der Waals surface area (Å²) in [5, 5.41) is 4.29. The van der Waals surface area contributed by atoms with E-state index in [0.29, 0.717) is 5.82 Å². The number of aryl methyl sites for hydroxylation is 1. The summed E-state index contributed by atoms with van der Waals surface area (Å²) in [5.41, 5.74) is 9.60. The van der Waals surface area contributed by atoms with Crippen molar-refractivity contribution in [2.75, 3.05) is 5.73 Å². The van der Waals surface area contributed by atoms with E-state index in [-0.39, 0.29) is 5.41 Å².